The molecule has 5 nitrogen and oxygen atoms in total. The van der Waals surface area contributed by atoms with Gasteiger partial charge in [0.25, 0.3) is 5.91 Å². The van der Waals surface area contributed by atoms with E-state index < -0.39 is 23.1 Å². The molecule has 0 saturated heterocycles. The van der Waals surface area contributed by atoms with Crippen LogP contribution in [0.25, 0.3) is 6.08 Å². The summed E-state index contributed by atoms with van der Waals surface area (Å²) in [5.41, 5.74) is -1.07. The Bertz CT molecular complexity index is 954. The number of halogens is 3. The third kappa shape index (κ3) is 3.64. The van der Waals surface area contributed by atoms with Crippen LogP contribution in [0, 0.1) is 11.6 Å². The highest BCUT2D eigenvalue weighted by molar-refractivity contribution is 6.34. The van der Waals surface area contributed by atoms with Crippen LogP contribution in [0.1, 0.15) is 29.8 Å². The Morgan fingerprint density at radius 1 is 1.22 bits per heavy atom. The Labute approximate surface area is 159 Å². The van der Waals surface area contributed by atoms with Crippen LogP contribution >= 0.6 is 11.6 Å². The van der Waals surface area contributed by atoms with E-state index in [2.05, 4.69) is 10.6 Å². The van der Waals surface area contributed by atoms with Gasteiger partial charge in [0.1, 0.15) is 23.0 Å². The van der Waals surface area contributed by atoms with E-state index in [4.69, 9.17) is 16.3 Å². The molecule has 140 valence electrons. The first-order valence-electron chi connectivity index (χ1n) is 7.94. The first-order chi connectivity index (χ1) is 12.7. The molecule has 2 aromatic carbocycles. The van der Waals surface area contributed by atoms with E-state index in [0.29, 0.717) is 6.41 Å². The van der Waals surface area contributed by atoms with Crippen LogP contribution < -0.4 is 15.4 Å². The van der Waals surface area contributed by atoms with Crippen LogP contribution in [0.3, 0.4) is 0 Å². The van der Waals surface area contributed by atoms with Crippen LogP contribution in [0.5, 0.6) is 5.75 Å². The van der Waals surface area contributed by atoms with E-state index in [9.17, 15) is 18.4 Å². The summed E-state index contributed by atoms with van der Waals surface area (Å²) in [6, 6.07) is 4.86. The van der Waals surface area contributed by atoms with Crippen LogP contribution in [0.15, 0.2) is 30.3 Å². The van der Waals surface area contributed by atoms with Crippen molar-refractivity contribution in [3.63, 3.8) is 0 Å². The fourth-order valence-electron chi connectivity index (χ4n) is 2.67. The van der Waals surface area contributed by atoms with Gasteiger partial charge in [-0.1, -0.05) is 17.7 Å². The molecule has 2 amide bonds. The number of amides is 2. The van der Waals surface area contributed by atoms with Crippen LogP contribution in [0.2, 0.25) is 5.02 Å². The molecule has 2 N–H and O–H groups in total. The molecule has 0 spiro atoms. The van der Waals surface area contributed by atoms with Crippen LogP contribution in [-0.4, -0.2) is 17.9 Å². The molecular formula is C19H15ClF2N2O3. The molecule has 1 aliphatic heterocycles. The van der Waals surface area contributed by atoms with Crippen LogP contribution in [-0.2, 0) is 4.79 Å². The Morgan fingerprint density at radius 3 is 2.63 bits per heavy atom. The van der Waals surface area contributed by atoms with Crippen molar-refractivity contribution >= 4 is 41.4 Å². The van der Waals surface area contributed by atoms with Gasteiger partial charge in [-0.15, -0.1) is 0 Å². The molecule has 0 unspecified atom stereocenters. The third-order valence-corrected chi connectivity index (χ3v) is 4.25. The highest BCUT2D eigenvalue weighted by Crippen LogP contribution is 2.40. The topological polar surface area (TPSA) is 67.4 Å². The number of hydrogen-bond acceptors (Lipinski definition) is 3. The number of nitrogens with one attached hydrogen (secondary N) is 2. The Hall–Kier alpha value is -2.93. The fraction of sp³-hybridized carbons (Fsp3) is 0.158. The Kier molecular flexibility index (Phi) is 4.89. The van der Waals surface area contributed by atoms with Gasteiger partial charge in [0.15, 0.2) is 0 Å². The normalized spacial score (nSPS) is 14.1. The lowest BCUT2D eigenvalue weighted by Crippen LogP contribution is -2.30. The zero-order valence-corrected chi connectivity index (χ0v) is 15.2. The van der Waals surface area contributed by atoms with Crippen LogP contribution in [0.4, 0.5) is 20.2 Å². The molecule has 3 rings (SSSR count). The van der Waals surface area contributed by atoms with Gasteiger partial charge in [-0.3, -0.25) is 9.59 Å². The number of rotatable bonds is 4. The SMILES string of the molecule is CC1(C)C=Cc2c(NC=O)c(F)cc(C(=O)Nc3c(F)cccc3Cl)c2O1. The second kappa shape index (κ2) is 7.00. The van der Waals surface area contributed by atoms with E-state index in [1.165, 1.54) is 12.1 Å². The summed E-state index contributed by atoms with van der Waals surface area (Å²) >= 11 is 5.93. The molecule has 0 fully saturated rings. The molecule has 8 heteroatoms. The first kappa shape index (κ1) is 18.8. The molecule has 0 aliphatic carbocycles. The second-order valence-corrected chi connectivity index (χ2v) is 6.78. The van der Waals surface area contributed by atoms with Gasteiger partial charge in [0, 0.05) is 5.56 Å². The number of hydrogen-bond donors (Lipinski definition) is 2. The van der Waals surface area contributed by atoms with Gasteiger partial charge in [0.2, 0.25) is 6.41 Å². The van der Waals surface area contributed by atoms with E-state index in [1.807, 2.05) is 0 Å². The monoisotopic (exact) mass is 392 g/mol. The largest absolute Gasteiger partial charge is 0.482 e. The molecule has 0 aromatic heterocycles. The molecule has 1 aliphatic rings. The summed E-state index contributed by atoms with van der Waals surface area (Å²) in [4.78, 5) is 23.5. The summed E-state index contributed by atoms with van der Waals surface area (Å²) in [5, 5.41) is 4.61. The van der Waals surface area contributed by atoms with Gasteiger partial charge >= 0.3 is 0 Å². The molecule has 2 aromatic rings. The maximum atomic E-state index is 14.5. The van der Waals surface area contributed by atoms with Crippen molar-refractivity contribution in [2.75, 3.05) is 10.6 Å². The van der Waals surface area contributed by atoms with Crippen molar-refractivity contribution in [1.82, 2.24) is 0 Å². The number of fused-ring (bicyclic) bond motifs is 1. The Morgan fingerprint density at radius 2 is 1.96 bits per heavy atom. The lowest BCUT2D eigenvalue weighted by atomic mass is 9.97. The minimum Gasteiger partial charge on any atom is -0.482 e. The third-order valence-electron chi connectivity index (χ3n) is 3.93. The summed E-state index contributed by atoms with van der Waals surface area (Å²) in [5.74, 6) is -2.30. The fourth-order valence-corrected chi connectivity index (χ4v) is 2.88. The number of benzene rings is 2. The summed E-state index contributed by atoms with van der Waals surface area (Å²) < 4.78 is 34.3. The van der Waals surface area contributed by atoms with Crippen molar-refractivity contribution in [3.05, 3.63) is 58.1 Å². The van der Waals surface area contributed by atoms with E-state index in [0.717, 1.165) is 12.1 Å². The Balaban J connectivity index is 2.11. The quantitative estimate of drug-likeness (QED) is 0.746. The van der Waals surface area contributed by atoms with Gasteiger partial charge in [-0.05, 0) is 44.2 Å². The summed E-state index contributed by atoms with van der Waals surface area (Å²) in [7, 11) is 0. The van der Waals surface area contributed by atoms with Gasteiger partial charge < -0.3 is 15.4 Å². The van der Waals surface area contributed by atoms with Crippen molar-refractivity contribution in [3.8, 4) is 5.75 Å². The van der Waals surface area contributed by atoms with Crippen molar-refractivity contribution < 1.29 is 23.1 Å². The standard InChI is InChI=1S/C19H15ClF2N2O3/c1-19(2)7-6-10-15(23-9-25)14(22)8-11(17(10)27-19)18(26)24-16-12(20)4-3-5-13(16)21/h3-9H,1-2H3,(H,23,25)(H,24,26). The van der Waals surface area contributed by atoms with E-state index in [1.54, 1.807) is 26.0 Å². The lowest BCUT2D eigenvalue weighted by Gasteiger charge is -2.30. The van der Waals surface area contributed by atoms with Gasteiger partial charge in [-0.25, -0.2) is 8.78 Å². The maximum Gasteiger partial charge on any atom is 0.259 e. The maximum absolute atomic E-state index is 14.5. The lowest BCUT2D eigenvalue weighted by molar-refractivity contribution is -0.105. The number of anilines is 2. The smallest absolute Gasteiger partial charge is 0.259 e. The molecule has 0 radical (unpaired) electrons. The van der Waals surface area contributed by atoms with Crippen molar-refractivity contribution in [1.29, 1.82) is 0 Å². The highest BCUT2D eigenvalue weighted by atomic mass is 35.5. The molecule has 27 heavy (non-hydrogen) atoms. The highest BCUT2D eigenvalue weighted by Gasteiger charge is 2.30. The zero-order chi connectivity index (χ0) is 19.8. The second-order valence-electron chi connectivity index (χ2n) is 6.38. The number of para-hydroxylation sites is 1. The number of carbonyl (C=O) groups is 2. The predicted molar refractivity (Wildman–Crippen MR) is 99.2 cm³/mol. The van der Waals surface area contributed by atoms with Gasteiger partial charge in [0.05, 0.1) is 22.0 Å². The van der Waals surface area contributed by atoms with Gasteiger partial charge in [-0.2, -0.15) is 0 Å². The van der Waals surface area contributed by atoms with Crippen molar-refractivity contribution in [2.24, 2.45) is 0 Å². The number of ether oxygens (including phenoxy) is 1. The first-order valence-corrected chi connectivity index (χ1v) is 8.31. The van der Waals surface area contributed by atoms with E-state index >= 15 is 0 Å². The predicted octanol–water partition coefficient (Wildman–Crippen LogP) is 4.62. The van der Waals surface area contributed by atoms with Crippen molar-refractivity contribution in [2.45, 2.75) is 19.4 Å². The molecule has 0 saturated carbocycles. The average Bonchev–Trinajstić information content (AvgIpc) is 2.59. The molecule has 0 atom stereocenters. The minimum atomic E-state index is -0.835. The minimum absolute atomic E-state index is 0.00178. The molecule has 0 bridgehead atoms. The summed E-state index contributed by atoms with van der Waals surface area (Å²) in [6.07, 6.45) is 3.55. The summed E-state index contributed by atoms with van der Waals surface area (Å²) in [6.45, 7) is 3.50. The number of carbonyl (C=O) groups excluding carboxylic acids is 2. The van der Waals surface area contributed by atoms with E-state index in [-0.39, 0.29) is 33.3 Å². The zero-order valence-electron chi connectivity index (χ0n) is 14.4. The molecule has 1 heterocycles. The average molecular weight is 393 g/mol. The molecular weight excluding hydrogens is 378 g/mol.